The van der Waals surface area contributed by atoms with Crippen LogP contribution in [0.4, 0.5) is 5.69 Å². The fourth-order valence-electron chi connectivity index (χ4n) is 1.96. The highest BCUT2D eigenvalue weighted by molar-refractivity contribution is 5.74. The van der Waals surface area contributed by atoms with Gasteiger partial charge in [0.25, 0.3) is 0 Å². The number of primary amides is 1. The number of hydrogen-bond donors (Lipinski definition) is 1. The molecule has 0 spiro atoms. The molecule has 4 nitrogen and oxygen atoms in total. The van der Waals surface area contributed by atoms with Crippen LogP contribution in [0.2, 0.25) is 0 Å². The molecule has 0 aliphatic carbocycles. The molecule has 1 aromatic rings. The molecule has 1 heterocycles. The van der Waals surface area contributed by atoms with Crippen LogP contribution < -0.4 is 10.6 Å². The first kappa shape index (κ1) is 11.9. The number of carbonyl (C=O) groups is 1. The van der Waals surface area contributed by atoms with Gasteiger partial charge < -0.3 is 15.4 Å². The molecular formula is C13H18N2O2. The predicted molar refractivity (Wildman–Crippen MR) is 67.0 cm³/mol. The van der Waals surface area contributed by atoms with Crippen molar-refractivity contribution >= 4 is 11.6 Å². The van der Waals surface area contributed by atoms with E-state index in [1.807, 2.05) is 0 Å². The van der Waals surface area contributed by atoms with Gasteiger partial charge in [-0.05, 0) is 24.1 Å². The Morgan fingerprint density at radius 3 is 2.47 bits per heavy atom. The Balaban J connectivity index is 1.94. The van der Waals surface area contributed by atoms with E-state index in [1.54, 1.807) is 0 Å². The second-order valence-corrected chi connectivity index (χ2v) is 4.23. The van der Waals surface area contributed by atoms with Crippen LogP contribution in [-0.2, 0) is 16.0 Å². The van der Waals surface area contributed by atoms with Gasteiger partial charge in [-0.1, -0.05) is 12.1 Å². The third kappa shape index (κ3) is 3.46. The zero-order valence-electron chi connectivity index (χ0n) is 9.89. The minimum atomic E-state index is -0.248. The van der Waals surface area contributed by atoms with Gasteiger partial charge in [-0.2, -0.15) is 0 Å². The summed E-state index contributed by atoms with van der Waals surface area (Å²) < 4.78 is 5.32. The molecule has 1 amide bonds. The van der Waals surface area contributed by atoms with Crippen LogP contribution in [-0.4, -0.2) is 32.2 Å². The molecule has 2 N–H and O–H groups in total. The zero-order chi connectivity index (χ0) is 12.1. The van der Waals surface area contributed by atoms with Crippen molar-refractivity contribution in [2.24, 2.45) is 5.73 Å². The van der Waals surface area contributed by atoms with Crippen molar-refractivity contribution in [1.29, 1.82) is 0 Å². The number of aryl methyl sites for hydroxylation is 1. The van der Waals surface area contributed by atoms with Crippen LogP contribution >= 0.6 is 0 Å². The molecule has 0 aromatic heterocycles. The van der Waals surface area contributed by atoms with Crippen molar-refractivity contribution in [3.05, 3.63) is 29.8 Å². The summed E-state index contributed by atoms with van der Waals surface area (Å²) in [6.45, 7) is 3.48. The van der Waals surface area contributed by atoms with Crippen LogP contribution in [0.25, 0.3) is 0 Å². The molecule has 1 aliphatic heterocycles. The quantitative estimate of drug-likeness (QED) is 0.843. The summed E-state index contributed by atoms with van der Waals surface area (Å²) in [6, 6.07) is 8.32. The summed E-state index contributed by atoms with van der Waals surface area (Å²) >= 11 is 0. The number of amides is 1. The van der Waals surface area contributed by atoms with E-state index in [0.717, 1.165) is 38.3 Å². The van der Waals surface area contributed by atoms with E-state index >= 15 is 0 Å². The highest BCUT2D eigenvalue weighted by Crippen LogP contribution is 2.17. The molecule has 1 aliphatic rings. The number of anilines is 1. The number of nitrogens with zero attached hydrogens (tertiary/aromatic N) is 1. The highest BCUT2D eigenvalue weighted by Gasteiger charge is 2.10. The number of morpholine rings is 1. The van der Waals surface area contributed by atoms with Crippen LogP contribution in [0.3, 0.4) is 0 Å². The third-order valence-electron chi connectivity index (χ3n) is 2.97. The summed E-state index contributed by atoms with van der Waals surface area (Å²) in [5.74, 6) is -0.248. The first-order valence-electron chi connectivity index (χ1n) is 5.95. The molecule has 1 aromatic carbocycles. The molecule has 1 saturated heterocycles. The van der Waals surface area contributed by atoms with Crippen LogP contribution in [0.15, 0.2) is 24.3 Å². The van der Waals surface area contributed by atoms with Crippen molar-refractivity contribution in [2.45, 2.75) is 12.8 Å². The van der Waals surface area contributed by atoms with Gasteiger partial charge in [0.05, 0.1) is 13.2 Å². The summed E-state index contributed by atoms with van der Waals surface area (Å²) in [5, 5.41) is 0. The predicted octanol–water partition coefficient (Wildman–Crippen LogP) is 0.941. The fraction of sp³-hybridized carbons (Fsp3) is 0.462. The third-order valence-corrected chi connectivity index (χ3v) is 2.97. The van der Waals surface area contributed by atoms with Gasteiger partial charge in [0.1, 0.15) is 0 Å². The Labute approximate surface area is 101 Å². The number of rotatable bonds is 4. The van der Waals surface area contributed by atoms with Crippen LogP contribution in [0.1, 0.15) is 12.0 Å². The summed E-state index contributed by atoms with van der Waals surface area (Å²) in [7, 11) is 0. The van der Waals surface area contributed by atoms with Crippen molar-refractivity contribution in [3.63, 3.8) is 0 Å². The Hall–Kier alpha value is -1.55. The SMILES string of the molecule is NC(=O)CCc1ccc(N2CCOCC2)cc1. The molecule has 2 rings (SSSR count). The van der Waals surface area contributed by atoms with Gasteiger partial charge in [0.2, 0.25) is 5.91 Å². The highest BCUT2D eigenvalue weighted by atomic mass is 16.5. The molecule has 4 heteroatoms. The molecule has 17 heavy (non-hydrogen) atoms. The zero-order valence-corrected chi connectivity index (χ0v) is 9.89. The van der Waals surface area contributed by atoms with Crippen LogP contribution in [0.5, 0.6) is 0 Å². The average Bonchev–Trinajstić information content (AvgIpc) is 2.38. The van der Waals surface area contributed by atoms with Crippen molar-refractivity contribution in [3.8, 4) is 0 Å². The lowest BCUT2D eigenvalue weighted by molar-refractivity contribution is -0.117. The maximum absolute atomic E-state index is 10.7. The molecule has 0 radical (unpaired) electrons. The second kappa shape index (κ2) is 5.68. The maximum atomic E-state index is 10.7. The summed E-state index contributed by atoms with van der Waals surface area (Å²) in [6.07, 6.45) is 1.13. The van der Waals surface area contributed by atoms with E-state index in [9.17, 15) is 4.79 Å². The number of benzene rings is 1. The first-order chi connectivity index (χ1) is 8.25. The lowest BCUT2D eigenvalue weighted by atomic mass is 10.1. The standard InChI is InChI=1S/C13H18N2O2/c14-13(16)6-3-11-1-4-12(5-2-11)15-7-9-17-10-8-15/h1-2,4-5H,3,6-10H2,(H2,14,16). The fourth-order valence-corrected chi connectivity index (χ4v) is 1.96. The first-order valence-corrected chi connectivity index (χ1v) is 5.95. The Morgan fingerprint density at radius 2 is 1.88 bits per heavy atom. The van der Waals surface area contributed by atoms with Gasteiger partial charge in [-0.3, -0.25) is 4.79 Å². The minimum absolute atomic E-state index is 0.248. The molecule has 0 bridgehead atoms. The van der Waals surface area contributed by atoms with Gasteiger partial charge in [-0.15, -0.1) is 0 Å². The van der Waals surface area contributed by atoms with Crippen molar-refractivity contribution < 1.29 is 9.53 Å². The van der Waals surface area contributed by atoms with E-state index in [1.165, 1.54) is 5.69 Å². The lowest BCUT2D eigenvalue weighted by Crippen LogP contribution is -2.36. The van der Waals surface area contributed by atoms with E-state index in [2.05, 4.69) is 29.2 Å². The Bertz CT molecular complexity index is 370. The van der Waals surface area contributed by atoms with Crippen LogP contribution in [0, 0.1) is 0 Å². The van der Waals surface area contributed by atoms with Gasteiger partial charge in [0.15, 0.2) is 0 Å². The average molecular weight is 234 g/mol. The topological polar surface area (TPSA) is 55.6 Å². The smallest absolute Gasteiger partial charge is 0.217 e. The monoisotopic (exact) mass is 234 g/mol. The normalized spacial score (nSPS) is 15.9. The van der Waals surface area contributed by atoms with E-state index < -0.39 is 0 Å². The lowest BCUT2D eigenvalue weighted by Gasteiger charge is -2.28. The minimum Gasteiger partial charge on any atom is -0.378 e. The Kier molecular flexibility index (Phi) is 3.98. The second-order valence-electron chi connectivity index (χ2n) is 4.23. The van der Waals surface area contributed by atoms with Crippen molar-refractivity contribution in [1.82, 2.24) is 0 Å². The molecular weight excluding hydrogens is 216 g/mol. The van der Waals surface area contributed by atoms with E-state index in [0.29, 0.717) is 6.42 Å². The van der Waals surface area contributed by atoms with Crippen molar-refractivity contribution in [2.75, 3.05) is 31.2 Å². The van der Waals surface area contributed by atoms with Gasteiger partial charge in [-0.25, -0.2) is 0 Å². The molecule has 92 valence electrons. The number of nitrogens with two attached hydrogens (primary N) is 1. The van der Waals surface area contributed by atoms with Gasteiger partial charge >= 0.3 is 0 Å². The number of hydrogen-bond acceptors (Lipinski definition) is 3. The molecule has 1 fully saturated rings. The van der Waals surface area contributed by atoms with E-state index in [4.69, 9.17) is 10.5 Å². The van der Waals surface area contributed by atoms with Gasteiger partial charge in [0, 0.05) is 25.2 Å². The number of ether oxygens (including phenoxy) is 1. The van der Waals surface area contributed by atoms with E-state index in [-0.39, 0.29) is 5.91 Å². The molecule has 0 unspecified atom stereocenters. The molecule has 0 saturated carbocycles. The summed E-state index contributed by atoms with van der Waals surface area (Å²) in [4.78, 5) is 13.0. The maximum Gasteiger partial charge on any atom is 0.217 e. The Morgan fingerprint density at radius 1 is 1.24 bits per heavy atom. The largest absolute Gasteiger partial charge is 0.378 e. The summed E-state index contributed by atoms with van der Waals surface area (Å²) in [5.41, 5.74) is 7.50. The molecule has 0 atom stereocenters. The number of carbonyl (C=O) groups excluding carboxylic acids is 1.